The van der Waals surface area contributed by atoms with Crippen LogP contribution >= 0.6 is 0 Å². The molecule has 1 aliphatic heterocycles. The first kappa shape index (κ1) is 20.7. The number of methoxy groups -OCH3 is 1. The SMILES string of the molecule is COCCn1c(C(C)NC(=O)CCN2C(=O)c3ccncc3C2=O)nc2ccccc21. The zero-order valence-electron chi connectivity index (χ0n) is 17.4. The van der Waals surface area contributed by atoms with Gasteiger partial charge in [-0.15, -0.1) is 0 Å². The number of nitrogens with one attached hydrogen (secondary N) is 1. The smallest absolute Gasteiger partial charge is 0.263 e. The molecule has 0 saturated carbocycles. The highest BCUT2D eigenvalue weighted by Gasteiger charge is 2.35. The monoisotopic (exact) mass is 421 g/mol. The third-order valence-electron chi connectivity index (χ3n) is 5.30. The molecule has 4 rings (SSSR count). The molecule has 9 nitrogen and oxygen atoms in total. The molecule has 9 heteroatoms. The molecule has 0 aliphatic carbocycles. The largest absolute Gasteiger partial charge is 0.383 e. The van der Waals surface area contributed by atoms with Crippen LogP contribution < -0.4 is 5.32 Å². The molecule has 1 aliphatic rings. The summed E-state index contributed by atoms with van der Waals surface area (Å²) in [6.45, 7) is 2.99. The highest BCUT2D eigenvalue weighted by molar-refractivity contribution is 6.21. The van der Waals surface area contributed by atoms with Gasteiger partial charge in [-0.2, -0.15) is 0 Å². The Kier molecular flexibility index (Phi) is 5.77. The van der Waals surface area contributed by atoms with Gasteiger partial charge in [0.05, 0.1) is 34.8 Å². The van der Waals surface area contributed by atoms with Gasteiger partial charge in [0, 0.05) is 39.0 Å². The molecule has 3 amide bonds. The Morgan fingerprint density at radius 2 is 1.90 bits per heavy atom. The van der Waals surface area contributed by atoms with Gasteiger partial charge in [0.2, 0.25) is 5.91 Å². The number of carbonyl (C=O) groups is 3. The second-order valence-electron chi connectivity index (χ2n) is 7.33. The van der Waals surface area contributed by atoms with Crippen molar-refractivity contribution in [3.63, 3.8) is 0 Å². The number of pyridine rings is 1. The third kappa shape index (κ3) is 3.91. The lowest BCUT2D eigenvalue weighted by atomic mass is 10.2. The van der Waals surface area contributed by atoms with Crippen molar-refractivity contribution < 1.29 is 19.1 Å². The Morgan fingerprint density at radius 3 is 2.68 bits per heavy atom. The van der Waals surface area contributed by atoms with Crippen molar-refractivity contribution in [2.24, 2.45) is 0 Å². The highest BCUT2D eigenvalue weighted by atomic mass is 16.5. The number of nitrogens with zero attached hydrogens (tertiary/aromatic N) is 4. The van der Waals surface area contributed by atoms with Crippen LogP contribution in [-0.2, 0) is 16.1 Å². The van der Waals surface area contributed by atoms with E-state index >= 15 is 0 Å². The van der Waals surface area contributed by atoms with Gasteiger partial charge < -0.3 is 14.6 Å². The van der Waals surface area contributed by atoms with Crippen LogP contribution in [0.15, 0.2) is 42.7 Å². The lowest BCUT2D eigenvalue weighted by molar-refractivity contribution is -0.121. The number of benzene rings is 1. The van der Waals surface area contributed by atoms with E-state index in [0.29, 0.717) is 18.7 Å². The second-order valence-corrected chi connectivity index (χ2v) is 7.33. The third-order valence-corrected chi connectivity index (χ3v) is 5.30. The number of amides is 3. The molecule has 160 valence electrons. The normalized spacial score (nSPS) is 14.2. The maximum absolute atomic E-state index is 12.6. The minimum absolute atomic E-state index is 0.00152. The molecular formula is C22H23N5O4. The fourth-order valence-electron chi connectivity index (χ4n) is 3.77. The molecule has 31 heavy (non-hydrogen) atoms. The van der Waals surface area contributed by atoms with E-state index in [1.54, 1.807) is 7.11 Å². The van der Waals surface area contributed by atoms with Crippen LogP contribution in [0.4, 0.5) is 0 Å². The molecule has 1 aromatic carbocycles. The molecular weight excluding hydrogens is 398 g/mol. The molecule has 0 saturated heterocycles. The number of rotatable bonds is 8. The van der Waals surface area contributed by atoms with Gasteiger partial charge in [-0.1, -0.05) is 12.1 Å². The summed E-state index contributed by atoms with van der Waals surface area (Å²) < 4.78 is 7.24. The van der Waals surface area contributed by atoms with Gasteiger partial charge in [0.1, 0.15) is 5.82 Å². The van der Waals surface area contributed by atoms with E-state index < -0.39 is 11.8 Å². The Labute approximate surface area is 179 Å². The zero-order chi connectivity index (χ0) is 22.0. The highest BCUT2D eigenvalue weighted by Crippen LogP contribution is 2.23. The number of hydrogen-bond acceptors (Lipinski definition) is 6. The van der Waals surface area contributed by atoms with E-state index in [0.717, 1.165) is 21.8 Å². The van der Waals surface area contributed by atoms with Gasteiger partial charge in [0.25, 0.3) is 11.8 Å². The number of para-hydroxylation sites is 2. The number of aromatic nitrogens is 3. The number of hydrogen-bond donors (Lipinski definition) is 1. The number of carbonyl (C=O) groups excluding carboxylic acids is 3. The minimum atomic E-state index is -0.421. The summed E-state index contributed by atoms with van der Waals surface area (Å²) >= 11 is 0. The Bertz CT molecular complexity index is 1120. The van der Waals surface area contributed by atoms with Crippen LogP contribution in [0.2, 0.25) is 0 Å². The Balaban J connectivity index is 1.43. The van der Waals surface area contributed by atoms with Gasteiger partial charge in [-0.25, -0.2) is 4.98 Å². The lowest BCUT2D eigenvalue weighted by Crippen LogP contribution is -2.35. The predicted octanol–water partition coefficient (Wildman–Crippen LogP) is 1.94. The van der Waals surface area contributed by atoms with Crippen LogP contribution in [0.3, 0.4) is 0 Å². The Hall–Kier alpha value is -3.59. The van der Waals surface area contributed by atoms with E-state index in [1.165, 1.54) is 18.5 Å². The van der Waals surface area contributed by atoms with Crippen LogP contribution in [0.5, 0.6) is 0 Å². The fourth-order valence-corrected chi connectivity index (χ4v) is 3.77. The van der Waals surface area contributed by atoms with Crippen LogP contribution in [0, 0.1) is 0 Å². The summed E-state index contributed by atoms with van der Waals surface area (Å²) in [5.74, 6) is -0.370. The molecule has 2 aromatic heterocycles. The number of ether oxygens (including phenoxy) is 1. The average Bonchev–Trinajstić information content (AvgIpc) is 3.26. The lowest BCUT2D eigenvalue weighted by Gasteiger charge is -2.18. The van der Waals surface area contributed by atoms with E-state index in [4.69, 9.17) is 4.74 Å². The maximum Gasteiger partial charge on any atom is 0.263 e. The molecule has 3 aromatic rings. The van der Waals surface area contributed by atoms with E-state index in [2.05, 4.69) is 15.3 Å². The van der Waals surface area contributed by atoms with E-state index in [1.807, 2.05) is 35.8 Å². The first-order valence-electron chi connectivity index (χ1n) is 10.0. The van der Waals surface area contributed by atoms with Crippen LogP contribution in [-0.4, -0.2) is 57.4 Å². The van der Waals surface area contributed by atoms with Crippen LogP contribution in [0.1, 0.15) is 45.9 Å². The standard InChI is InChI=1S/C22H23N5O4/c1-14(20-25-17-5-3-4-6-18(17)26(20)11-12-31-2)24-19(28)8-10-27-21(29)15-7-9-23-13-16(15)22(27)30/h3-7,9,13-14H,8,10-12H2,1-2H3,(H,24,28). The summed E-state index contributed by atoms with van der Waals surface area (Å²) in [5, 5.41) is 2.92. The fraction of sp³-hybridized carbons (Fsp3) is 0.318. The molecule has 1 N–H and O–H groups in total. The van der Waals surface area contributed by atoms with E-state index in [9.17, 15) is 14.4 Å². The van der Waals surface area contributed by atoms with Gasteiger partial charge in [0.15, 0.2) is 0 Å². The molecule has 3 heterocycles. The second kappa shape index (κ2) is 8.65. The summed E-state index contributed by atoms with van der Waals surface area (Å²) in [4.78, 5) is 47.1. The van der Waals surface area contributed by atoms with Crippen molar-refractivity contribution in [2.45, 2.75) is 25.9 Å². The summed E-state index contributed by atoms with van der Waals surface area (Å²) in [6, 6.07) is 8.92. The summed E-state index contributed by atoms with van der Waals surface area (Å²) in [7, 11) is 1.64. The van der Waals surface area contributed by atoms with Crippen molar-refractivity contribution in [1.82, 2.24) is 24.8 Å². The average molecular weight is 421 g/mol. The van der Waals surface area contributed by atoms with Crippen LogP contribution in [0.25, 0.3) is 11.0 Å². The summed E-state index contributed by atoms with van der Waals surface area (Å²) in [5.41, 5.74) is 2.40. The summed E-state index contributed by atoms with van der Waals surface area (Å²) in [6.07, 6.45) is 2.85. The first-order chi connectivity index (χ1) is 15.0. The quantitative estimate of drug-likeness (QED) is 0.557. The topological polar surface area (TPSA) is 106 Å². The number of imide groups is 1. The van der Waals surface area contributed by atoms with Gasteiger partial charge >= 0.3 is 0 Å². The molecule has 0 radical (unpaired) electrons. The van der Waals surface area contributed by atoms with Crippen molar-refractivity contribution >= 4 is 28.8 Å². The van der Waals surface area contributed by atoms with Crippen molar-refractivity contribution in [3.05, 3.63) is 59.7 Å². The van der Waals surface area contributed by atoms with Gasteiger partial charge in [-0.05, 0) is 25.1 Å². The first-order valence-corrected chi connectivity index (χ1v) is 10.0. The minimum Gasteiger partial charge on any atom is -0.383 e. The number of imidazole rings is 1. The van der Waals surface area contributed by atoms with Crippen molar-refractivity contribution in [1.29, 1.82) is 0 Å². The van der Waals surface area contributed by atoms with Gasteiger partial charge in [-0.3, -0.25) is 24.3 Å². The molecule has 0 fully saturated rings. The molecule has 1 unspecified atom stereocenters. The molecule has 0 bridgehead atoms. The maximum atomic E-state index is 12.6. The Morgan fingerprint density at radius 1 is 1.13 bits per heavy atom. The molecule has 0 spiro atoms. The predicted molar refractivity (Wildman–Crippen MR) is 112 cm³/mol. The zero-order valence-corrected chi connectivity index (χ0v) is 17.4. The van der Waals surface area contributed by atoms with Crippen molar-refractivity contribution in [2.75, 3.05) is 20.3 Å². The van der Waals surface area contributed by atoms with E-state index in [-0.39, 0.29) is 30.5 Å². The van der Waals surface area contributed by atoms with Crippen molar-refractivity contribution in [3.8, 4) is 0 Å². The molecule has 1 atom stereocenters. The number of fused-ring (bicyclic) bond motifs is 2.